The van der Waals surface area contributed by atoms with Gasteiger partial charge in [0.05, 0.1) is 18.0 Å². The number of phenols is 1. The number of methoxy groups -OCH3 is 1. The van der Waals surface area contributed by atoms with Crippen LogP contribution in [0.3, 0.4) is 0 Å². The highest BCUT2D eigenvalue weighted by molar-refractivity contribution is 5.97. The van der Waals surface area contributed by atoms with Crippen LogP contribution in [0.25, 0.3) is 10.9 Å². The number of aromatic hydroxyl groups is 1. The fourth-order valence-electron chi connectivity index (χ4n) is 2.56. The van der Waals surface area contributed by atoms with Crippen molar-refractivity contribution < 1.29 is 34.4 Å². The minimum Gasteiger partial charge on any atom is -0.506 e. The van der Waals surface area contributed by atoms with Crippen molar-refractivity contribution in [1.29, 1.82) is 0 Å². The fourth-order valence-corrected chi connectivity index (χ4v) is 2.56. The molecule has 0 fully saturated rings. The van der Waals surface area contributed by atoms with Crippen LogP contribution in [-0.2, 0) is 14.3 Å². The van der Waals surface area contributed by atoms with E-state index in [1.165, 1.54) is 25.3 Å². The van der Waals surface area contributed by atoms with Gasteiger partial charge < -0.3 is 35.1 Å². The van der Waals surface area contributed by atoms with Crippen LogP contribution in [0.1, 0.15) is 35.5 Å². The van der Waals surface area contributed by atoms with Crippen LogP contribution in [-0.4, -0.2) is 58.7 Å². The average molecular weight is 366 g/mol. The predicted octanol–water partition coefficient (Wildman–Crippen LogP) is 1.12. The zero-order valence-corrected chi connectivity index (χ0v) is 14.5. The standard InChI is InChI=1S/C17H22N2O7/c1-9(5-15(22)26-8-25-2)18-7-14(21)10-3-4-13(20)16-11(10)6-12(19-16)17(23)24/h3-4,6,9,14,18-21H,5,7-8H2,1-2H3,(H,23,24). The number of aliphatic hydroxyl groups is 1. The second kappa shape index (κ2) is 8.65. The molecule has 5 N–H and O–H groups in total. The molecule has 0 saturated carbocycles. The number of carboxylic acids is 1. The Bertz CT molecular complexity index is 787. The Hall–Kier alpha value is -2.62. The molecular weight excluding hydrogens is 344 g/mol. The maximum Gasteiger partial charge on any atom is 0.352 e. The highest BCUT2D eigenvalue weighted by Crippen LogP contribution is 2.31. The van der Waals surface area contributed by atoms with Crippen LogP contribution >= 0.6 is 0 Å². The minimum atomic E-state index is -1.16. The number of esters is 1. The van der Waals surface area contributed by atoms with Gasteiger partial charge in [0.25, 0.3) is 0 Å². The quantitative estimate of drug-likeness (QED) is 0.328. The van der Waals surface area contributed by atoms with Crippen LogP contribution in [0.5, 0.6) is 5.75 Å². The van der Waals surface area contributed by atoms with Crippen molar-refractivity contribution >= 4 is 22.8 Å². The minimum absolute atomic E-state index is 0.0860. The number of fused-ring (bicyclic) bond motifs is 1. The number of carboxylic acid groups (broad SMARTS) is 1. The molecule has 2 atom stereocenters. The predicted molar refractivity (Wildman–Crippen MR) is 91.9 cm³/mol. The Morgan fingerprint density at radius 3 is 2.73 bits per heavy atom. The normalized spacial score (nSPS) is 13.5. The van der Waals surface area contributed by atoms with Gasteiger partial charge in [0.1, 0.15) is 11.4 Å². The number of aromatic nitrogens is 1. The molecule has 2 unspecified atom stereocenters. The Balaban J connectivity index is 2.05. The highest BCUT2D eigenvalue weighted by Gasteiger charge is 2.19. The Kier molecular flexibility index (Phi) is 6.56. The molecule has 0 bridgehead atoms. The van der Waals surface area contributed by atoms with E-state index in [0.29, 0.717) is 10.9 Å². The number of nitrogens with one attached hydrogen (secondary N) is 2. The summed E-state index contributed by atoms with van der Waals surface area (Å²) < 4.78 is 9.45. The summed E-state index contributed by atoms with van der Waals surface area (Å²) in [5.41, 5.74) is 0.621. The number of H-pyrrole nitrogens is 1. The number of aromatic carboxylic acids is 1. The largest absolute Gasteiger partial charge is 0.506 e. The summed E-state index contributed by atoms with van der Waals surface area (Å²) in [6.45, 7) is 1.79. The molecule has 0 amide bonds. The molecule has 2 rings (SSSR count). The summed E-state index contributed by atoms with van der Waals surface area (Å²) in [7, 11) is 1.42. The van der Waals surface area contributed by atoms with Gasteiger partial charge in [-0.3, -0.25) is 4.79 Å². The Morgan fingerprint density at radius 2 is 2.08 bits per heavy atom. The first-order valence-electron chi connectivity index (χ1n) is 7.97. The van der Waals surface area contributed by atoms with Gasteiger partial charge in [-0.1, -0.05) is 6.07 Å². The van der Waals surface area contributed by atoms with Crippen molar-refractivity contribution in [3.8, 4) is 5.75 Å². The number of ether oxygens (including phenoxy) is 2. The molecule has 9 heteroatoms. The molecule has 0 radical (unpaired) electrons. The average Bonchev–Trinajstić information content (AvgIpc) is 3.04. The second-order valence-corrected chi connectivity index (χ2v) is 5.90. The van der Waals surface area contributed by atoms with Gasteiger partial charge in [-0.15, -0.1) is 0 Å². The molecule has 1 heterocycles. The third-order valence-electron chi connectivity index (χ3n) is 3.87. The van der Waals surface area contributed by atoms with Crippen molar-refractivity contribution in [2.45, 2.75) is 25.5 Å². The zero-order valence-electron chi connectivity index (χ0n) is 14.5. The van der Waals surface area contributed by atoms with Crippen molar-refractivity contribution in [3.63, 3.8) is 0 Å². The van der Waals surface area contributed by atoms with Crippen molar-refractivity contribution in [3.05, 3.63) is 29.5 Å². The Labute approximate surface area is 149 Å². The van der Waals surface area contributed by atoms with Gasteiger partial charge in [-0.05, 0) is 24.6 Å². The monoisotopic (exact) mass is 366 g/mol. The first kappa shape index (κ1) is 19.7. The lowest BCUT2D eigenvalue weighted by Gasteiger charge is -2.17. The number of aliphatic hydroxyl groups excluding tert-OH is 1. The summed E-state index contributed by atoms with van der Waals surface area (Å²) >= 11 is 0. The van der Waals surface area contributed by atoms with Crippen molar-refractivity contribution in [2.24, 2.45) is 0 Å². The third-order valence-corrected chi connectivity index (χ3v) is 3.87. The summed E-state index contributed by atoms with van der Waals surface area (Å²) in [6, 6.07) is 4.03. The number of hydrogen-bond donors (Lipinski definition) is 5. The molecule has 0 saturated heterocycles. The lowest BCUT2D eigenvalue weighted by Crippen LogP contribution is -2.32. The fraction of sp³-hybridized carbons (Fsp3) is 0.412. The number of rotatable bonds is 9. The smallest absolute Gasteiger partial charge is 0.352 e. The number of phenolic OH excluding ortho intramolecular Hbond substituents is 1. The van der Waals surface area contributed by atoms with E-state index < -0.39 is 18.0 Å². The van der Waals surface area contributed by atoms with E-state index in [9.17, 15) is 19.8 Å². The summed E-state index contributed by atoms with van der Waals surface area (Å²) in [6.07, 6.45) is -0.859. The molecule has 9 nitrogen and oxygen atoms in total. The maximum atomic E-state index is 11.5. The number of carbonyl (C=O) groups is 2. The van der Waals surface area contributed by atoms with Crippen LogP contribution in [0.4, 0.5) is 0 Å². The molecule has 1 aromatic carbocycles. The molecule has 0 spiro atoms. The van der Waals surface area contributed by atoms with Crippen LogP contribution in [0, 0.1) is 0 Å². The van der Waals surface area contributed by atoms with E-state index in [4.69, 9.17) is 9.84 Å². The van der Waals surface area contributed by atoms with E-state index in [1.54, 1.807) is 6.92 Å². The molecule has 0 aliphatic heterocycles. The van der Waals surface area contributed by atoms with E-state index >= 15 is 0 Å². The Morgan fingerprint density at radius 1 is 1.35 bits per heavy atom. The van der Waals surface area contributed by atoms with Gasteiger partial charge in [0, 0.05) is 25.1 Å². The molecular formula is C17H22N2O7. The highest BCUT2D eigenvalue weighted by atomic mass is 16.7. The first-order chi connectivity index (χ1) is 12.3. The van der Waals surface area contributed by atoms with E-state index in [0.717, 1.165) is 0 Å². The zero-order chi connectivity index (χ0) is 19.3. The van der Waals surface area contributed by atoms with Crippen molar-refractivity contribution in [1.82, 2.24) is 10.3 Å². The molecule has 142 valence electrons. The number of carbonyl (C=O) groups excluding carboxylic acids is 1. The SMILES string of the molecule is COCOC(=O)CC(C)NCC(O)c1ccc(O)c2[nH]c(C(=O)O)cc12. The van der Waals surface area contributed by atoms with Crippen LogP contribution in [0.2, 0.25) is 0 Å². The number of hydrogen-bond acceptors (Lipinski definition) is 7. The van der Waals surface area contributed by atoms with E-state index in [2.05, 4.69) is 15.0 Å². The number of benzene rings is 1. The third kappa shape index (κ3) is 4.72. The van der Waals surface area contributed by atoms with E-state index in [1.807, 2.05) is 0 Å². The number of aromatic amines is 1. The molecule has 26 heavy (non-hydrogen) atoms. The first-order valence-corrected chi connectivity index (χ1v) is 7.97. The molecule has 2 aromatic rings. The molecule has 1 aromatic heterocycles. The molecule has 0 aliphatic rings. The van der Waals surface area contributed by atoms with Crippen LogP contribution < -0.4 is 5.32 Å². The lowest BCUT2D eigenvalue weighted by atomic mass is 10.0. The summed E-state index contributed by atoms with van der Waals surface area (Å²) in [4.78, 5) is 25.2. The lowest BCUT2D eigenvalue weighted by molar-refractivity contribution is -0.154. The van der Waals surface area contributed by atoms with Gasteiger partial charge in [-0.25, -0.2) is 4.79 Å². The molecule has 0 aliphatic carbocycles. The second-order valence-electron chi connectivity index (χ2n) is 5.90. The maximum absolute atomic E-state index is 11.5. The summed E-state index contributed by atoms with van der Waals surface area (Å²) in [5.74, 6) is -1.70. The van der Waals surface area contributed by atoms with Crippen molar-refractivity contribution in [2.75, 3.05) is 20.4 Å². The van der Waals surface area contributed by atoms with Gasteiger partial charge >= 0.3 is 11.9 Å². The van der Waals surface area contributed by atoms with E-state index in [-0.39, 0.29) is 42.8 Å². The van der Waals surface area contributed by atoms with Gasteiger partial charge in [0.15, 0.2) is 6.79 Å². The summed E-state index contributed by atoms with van der Waals surface area (Å²) in [5, 5.41) is 32.8. The van der Waals surface area contributed by atoms with Crippen LogP contribution in [0.15, 0.2) is 18.2 Å². The van der Waals surface area contributed by atoms with Gasteiger partial charge in [0.2, 0.25) is 0 Å². The van der Waals surface area contributed by atoms with Gasteiger partial charge in [-0.2, -0.15) is 0 Å². The topological polar surface area (TPSA) is 141 Å².